The Kier molecular flexibility index (Phi) is 3.43. The summed E-state index contributed by atoms with van der Waals surface area (Å²) in [6.45, 7) is 2.91. The summed E-state index contributed by atoms with van der Waals surface area (Å²) in [5.41, 5.74) is 5.38. The van der Waals surface area contributed by atoms with Crippen LogP contribution in [-0.2, 0) is 9.59 Å². The van der Waals surface area contributed by atoms with E-state index in [9.17, 15) is 9.59 Å². The number of piperazine rings is 1. The smallest absolute Gasteiger partial charge is 0.321 e. The van der Waals surface area contributed by atoms with Gasteiger partial charge in [0.15, 0.2) is 0 Å². The maximum absolute atomic E-state index is 11.0. The van der Waals surface area contributed by atoms with Crippen molar-refractivity contribution in [1.29, 1.82) is 0 Å². The molecule has 6 nitrogen and oxygen atoms in total. The Bertz CT molecular complexity index is 244. The van der Waals surface area contributed by atoms with Gasteiger partial charge in [0, 0.05) is 19.1 Å². The van der Waals surface area contributed by atoms with E-state index in [2.05, 4.69) is 5.32 Å². The van der Waals surface area contributed by atoms with Crippen molar-refractivity contribution >= 4 is 11.9 Å². The molecule has 0 radical (unpaired) electrons. The average Bonchev–Trinajstić information content (AvgIpc) is 2.11. The van der Waals surface area contributed by atoms with Crippen LogP contribution in [0.2, 0.25) is 0 Å². The van der Waals surface area contributed by atoms with Gasteiger partial charge in [-0.2, -0.15) is 0 Å². The Labute approximate surface area is 82.1 Å². The van der Waals surface area contributed by atoms with Crippen LogP contribution in [0, 0.1) is 0 Å². The molecule has 1 amide bonds. The largest absolute Gasteiger partial charge is 0.480 e. The summed E-state index contributed by atoms with van der Waals surface area (Å²) in [4.78, 5) is 23.3. The van der Waals surface area contributed by atoms with Crippen LogP contribution >= 0.6 is 0 Å². The highest BCUT2D eigenvalue weighted by Gasteiger charge is 2.26. The van der Waals surface area contributed by atoms with Gasteiger partial charge in [0.05, 0.1) is 6.54 Å². The zero-order valence-electron chi connectivity index (χ0n) is 8.06. The molecule has 0 spiro atoms. The first kappa shape index (κ1) is 10.9. The van der Waals surface area contributed by atoms with E-state index >= 15 is 0 Å². The molecule has 1 aliphatic heterocycles. The third kappa shape index (κ3) is 2.68. The number of carbonyl (C=O) groups is 2. The topological polar surface area (TPSA) is 95.7 Å². The first-order chi connectivity index (χ1) is 6.50. The summed E-state index contributed by atoms with van der Waals surface area (Å²) < 4.78 is 0. The first-order valence-electron chi connectivity index (χ1n) is 4.50. The van der Waals surface area contributed by atoms with E-state index in [0.29, 0.717) is 6.54 Å². The molecule has 0 bridgehead atoms. The Morgan fingerprint density at radius 1 is 1.86 bits per heavy atom. The number of carboxylic acid groups (broad SMARTS) is 1. The van der Waals surface area contributed by atoms with E-state index in [1.807, 2.05) is 6.92 Å². The van der Waals surface area contributed by atoms with Crippen LogP contribution < -0.4 is 11.1 Å². The minimum Gasteiger partial charge on any atom is -0.480 e. The molecule has 1 rings (SSSR count). The highest BCUT2D eigenvalue weighted by atomic mass is 16.4. The van der Waals surface area contributed by atoms with Gasteiger partial charge in [-0.25, -0.2) is 0 Å². The fraction of sp³-hybridized carbons (Fsp3) is 0.750. The van der Waals surface area contributed by atoms with Crippen LogP contribution in [0.5, 0.6) is 0 Å². The van der Waals surface area contributed by atoms with Gasteiger partial charge in [-0.15, -0.1) is 0 Å². The summed E-state index contributed by atoms with van der Waals surface area (Å²) in [7, 11) is 0. The van der Waals surface area contributed by atoms with Crippen LogP contribution in [-0.4, -0.2) is 53.6 Å². The van der Waals surface area contributed by atoms with E-state index in [-0.39, 0.29) is 25.0 Å². The Hall–Kier alpha value is -1.14. The lowest BCUT2D eigenvalue weighted by atomic mass is 10.2. The number of nitrogens with two attached hydrogens (primary N) is 1. The molecule has 0 saturated carbocycles. The van der Waals surface area contributed by atoms with Crippen molar-refractivity contribution in [3.63, 3.8) is 0 Å². The van der Waals surface area contributed by atoms with Crippen LogP contribution in [0.1, 0.15) is 6.92 Å². The SMILES string of the molecule is CC1CNC(=O)CN1CC(N)C(=O)O. The van der Waals surface area contributed by atoms with Crippen molar-refractivity contribution in [2.45, 2.75) is 19.0 Å². The normalized spacial score (nSPS) is 25.6. The lowest BCUT2D eigenvalue weighted by Gasteiger charge is -2.33. The van der Waals surface area contributed by atoms with Crippen LogP contribution in [0.3, 0.4) is 0 Å². The second-order valence-corrected chi connectivity index (χ2v) is 3.53. The fourth-order valence-electron chi connectivity index (χ4n) is 1.36. The average molecular weight is 201 g/mol. The van der Waals surface area contributed by atoms with Crippen molar-refractivity contribution in [2.24, 2.45) is 5.73 Å². The minimum atomic E-state index is -1.04. The molecule has 14 heavy (non-hydrogen) atoms. The van der Waals surface area contributed by atoms with Crippen molar-refractivity contribution < 1.29 is 14.7 Å². The summed E-state index contributed by atoms with van der Waals surface area (Å²) >= 11 is 0. The Balaban J connectivity index is 2.49. The predicted octanol–water partition coefficient (Wildman–Crippen LogP) is -1.78. The molecule has 4 N–H and O–H groups in total. The molecule has 1 aliphatic rings. The molecule has 1 fully saturated rings. The number of aliphatic carboxylic acids is 1. The predicted molar refractivity (Wildman–Crippen MR) is 49.7 cm³/mol. The standard InChI is InChI=1S/C8H15N3O3/c1-5-2-10-7(12)4-11(5)3-6(9)8(13)14/h5-6H,2-4,9H2,1H3,(H,10,12)(H,13,14). The second-order valence-electron chi connectivity index (χ2n) is 3.53. The molecule has 0 aromatic carbocycles. The highest BCUT2D eigenvalue weighted by molar-refractivity contribution is 5.79. The van der Waals surface area contributed by atoms with E-state index in [0.717, 1.165) is 0 Å². The minimum absolute atomic E-state index is 0.0827. The molecular formula is C8H15N3O3. The fourth-order valence-corrected chi connectivity index (χ4v) is 1.36. The van der Waals surface area contributed by atoms with Crippen LogP contribution in [0.25, 0.3) is 0 Å². The number of hydrogen-bond acceptors (Lipinski definition) is 4. The summed E-state index contributed by atoms with van der Waals surface area (Å²) in [5.74, 6) is -1.12. The van der Waals surface area contributed by atoms with Crippen molar-refractivity contribution in [2.75, 3.05) is 19.6 Å². The third-order valence-corrected chi connectivity index (χ3v) is 2.31. The van der Waals surface area contributed by atoms with E-state index in [1.165, 1.54) is 0 Å². The number of hydrogen-bond donors (Lipinski definition) is 3. The second kappa shape index (κ2) is 4.39. The Morgan fingerprint density at radius 2 is 2.50 bits per heavy atom. The number of nitrogens with zero attached hydrogens (tertiary/aromatic N) is 1. The molecule has 6 heteroatoms. The van der Waals surface area contributed by atoms with Gasteiger partial charge in [-0.05, 0) is 6.92 Å². The molecular weight excluding hydrogens is 186 g/mol. The van der Waals surface area contributed by atoms with Crippen molar-refractivity contribution in [3.8, 4) is 0 Å². The Morgan fingerprint density at radius 3 is 3.07 bits per heavy atom. The number of carboxylic acids is 1. The quantitative estimate of drug-likeness (QED) is 0.501. The maximum Gasteiger partial charge on any atom is 0.321 e. The number of amides is 1. The van der Waals surface area contributed by atoms with Gasteiger partial charge in [0.2, 0.25) is 5.91 Å². The molecule has 1 saturated heterocycles. The monoisotopic (exact) mass is 201 g/mol. The number of carbonyl (C=O) groups excluding carboxylic acids is 1. The van der Waals surface area contributed by atoms with E-state index in [1.54, 1.807) is 4.90 Å². The zero-order chi connectivity index (χ0) is 10.7. The first-order valence-corrected chi connectivity index (χ1v) is 4.50. The van der Waals surface area contributed by atoms with Gasteiger partial charge in [-0.3, -0.25) is 14.5 Å². The lowest BCUT2D eigenvalue weighted by Crippen LogP contribution is -2.56. The zero-order valence-corrected chi connectivity index (χ0v) is 8.06. The number of rotatable bonds is 3. The van der Waals surface area contributed by atoms with Crippen molar-refractivity contribution in [3.05, 3.63) is 0 Å². The number of nitrogens with one attached hydrogen (secondary N) is 1. The molecule has 0 aromatic heterocycles. The molecule has 0 aliphatic carbocycles. The molecule has 1 heterocycles. The molecule has 2 unspecified atom stereocenters. The third-order valence-electron chi connectivity index (χ3n) is 2.31. The van der Waals surface area contributed by atoms with E-state index in [4.69, 9.17) is 10.8 Å². The summed E-state index contributed by atoms with van der Waals surface area (Å²) in [5, 5.41) is 11.3. The van der Waals surface area contributed by atoms with Crippen molar-refractivity contribution in [1.82, 2.24) is 10.2 Å². The van der Waals surface area contributed by atoms with Gasteiger partial charge >= 0.3 is 5.97 Å². The van der Waals surface area contributed by atoms with Gasteiger partial charge < -0.3 is 16.2 Å². The van der Waals surface area contributed by atoms with E-state index < -0.39 is 12.0 Å². The van der Waals surface area contributed by atoms with Crippen LogP contribution in [0.4, 0.5) is 0 Å². The van der Waals surface area contributed by atoms with Gasteiger partial charge in [0.1, 0.15) is 6.04 Å². The molecule has 2 atom stereocenters. The highest BCUT2D eigenvalue weighted by Crippen LogP contribution is 2.03. The molecule has 0 aromatic rings. The molecule has 80 valence electrons. The van der Waals surface area contributed by atoms with Crippen LogP contribution in [0.15, 0.2) is 0 Å². The lowest BCUT2D eigenvalue weighted by molar-refractivity contribution is -0.140. The van der Waals surface area contributed by atoms with Gasteiger partial charge in [-0.1, -0.05) is 0 Å². The summed E-state index contributed by atoms with van der Waals surface area (Å²) in [6, 6.07) is -0.790. The summed E-state index contributed by atoms with van der Waals surface area (Å²) in [6.07, 6.45) is 0. The van der Waals surface area contributed by atoms with Gasteiger partial charge in [0.25, 0.3) is 0 Å². The maximum atomic E-state index is 11.0.